The highest BCUT2D eigenvalue weighted by atomic mass is 16.1. The molecule has 4 nitrogen and oxygen atoms in total. The summed E-state index contributed by atoms with van der Waals surface area (Å²) in [5.41, 5.74) is 2.80. The van der Waals surface area contributed by atoms with Crippen LogP contribution in [0.5, 0.6) is 0 Å². The van der Waals surface area contributed by atoms with E-state index in [0.717, 1.165) is 16.8 Å². The Morgan fingerprint density at radius 3 is 2.28 bits per heavy atom. The predicted molar refractivity (Wildman–Crippen MR) is 98.6 cm³/mol. The van der Waals surface area contributed by atoms with Crippen molar-refractivity contribution < 1.29 is 0 Å². The maximum atomic E-state index is 12.8. The number of hydrogen-bond donors (Lipinski definition) is 0. The summed E-state index contributed by atoms with van der Waals surface area (Å²) < 4.78 is 1.52. The molecule has 0 aliphatic rings. The SMILES string of the molecule is O=c1c2ccccc2c(Cc2ccccc2)nn1Cc1ccccn1. The molecule has 0 aliphatic heterocycles. The van der Waals surface area contributed by atoms with E-state index >= 15 is 0 Å². The Hall–Kier alpha value is -3.27. The molecule has 2 heterocycles. The van der Waals surface area contributed by atoms with Crippen LogP contribution in [0.1, 0.15) is 17.0 Å². The van der Waals surface area contributed by atoms with Crippen LogP contribution in [0.2, 0.25) is 0 Å². The Balaban J connectivity index is 1.84. The average molecular weight is 327 g/mol. The molecule has 2 aromatic heterocycles. The lowest BCUT2D eigenvalue weighted by atomic mass is 10.0. The normalized spacial score (nSPS) is 10.9. The van der Waals surface area contributed by atoms with Gasteiger partial charge in [-0.1, -0.05) is 54.6 Å². The van der Waals surface area contributed by atoms with E-state index < -0.39 is 0 Å². The first kappa shape index (κ1) is 15.3. The largest absolute Gasteiger partial charge is 0.275 e. The van der Waals surface area contributed by atoms with Gasteiger partial charge in [0.1, 0.15) is 0 Å². The number of aromatic nitrogens is 3. The molecule has 0 aliphatic carbocycles. The van der Waals surface area contributed by atoms with Crippen LogP contribution < -0.4 is 5.56 Å². The minimum Gasteiger partial charge on any atom is -0.267 e. The van der Waals surface area contributed by atoms with Crippen molar-refractivity contribution in [2.24, 2.45) is 0 Å². The maximum Gasteiger partial charge on any atom is 0.275 e. The molecular weight excluding hydrogens is 310 g/mol. The van der Waals surface area contributed by atoms with Gasteiger partial charge >= 0.3 is 0 Å². The summed E-state index contributed by atoms with van der Waals surface area (Å²) in [5, 5.41) is 6.26. The van der Waals surface area contributed by atoms with E-state index in [1.807, 2.05) is 60.7 Å². The van der Waals surface area contributed by atoms with Gasteiger partial charge in [-0.15, -0.1) is 0 Å². The van der Waals surface area contributed by atoms with Gasteiger partial charge in [-0.2, -0.15) is 5.10 Å². The number of hydrogen-bond acceptors (Lipinski definition) is 3. The third-order valence-corrected chi connectivity index (χ3v) is 4.20. The Morgan fingerprint density at radius 2 is 1.52 bits per heavy atom. The van der Waals surface area contributed by atoms with E-state index in [2.05, 4.69) is 22.2 Å². The number of rotatable bonds is 4. The minimum absolute atomic E-state index is 0.0851. The lowest BCUT2D eigenvalue weighted by Crippen LogP contribution is -2.25. The zero-order valence-electron chi connectivity index (χ0n) is 13.7. The molecule has 122 valence electrons. The summed E-state index contributed by atoms with van der Waals surface area (Å²) in [7, 11) is 0. The van der Waals surface area contributed by atoms with Crippen LogP contribution in [-0.2, 0) is 13.0 Å². The molecule has 0 saturated heterocycles. The molecule has 0 unspecified atom stereocenters. The minimum atomic E-state index is -0.0851. The zero-order valence-corrected chi connectivity index (χ0v) is 13.7. The van der Waals surface area contributed by atoms with E-state index in [4.69, 9.17) is 0 Å². The molecular formula is C21H17N3O. The molecule has 4 aromatic rings. The van der Waals surface area contributed by atoms with Crippen molar-refractivity contribution in [3.8, 4) is 0 Å². The summed E-state index contributed by atoms with van der Waals surface area (Å²) in [6, 6.07) is 23.5. The Morgan fingerprint density at radius 1 is 0.800 bits per heavy atom. The first-order valence-electron chi connectivity index (χ1n) is 8.24. The summed E-state index contributed by atoms with van der Waals surface area (Å²) in [4.78, 5) is 17.1. The van der Waals surface area contributed by atoms with Crippen LogP contribution in [0.25, 0.3) is 10.8 Å². The van der Waals surface area contributed by atoms with Gasteiger partial charge in [-0.25, -0.2) is 4.68 Å². The van der Waals surface area contributed by atoms with Crippen LogP contribution in [0.15, 0.2) is 83.8 Å². The third kappa shape index (κ3) is 3.19. The summed E-state index contributed by atoms with van der Waals surface area (Å²) in [6.07, 6.45) is 2.41. The number of nitrogens with zero attached hydrogens (tertiary/aromatic N) is 3. The lowest BCUT2D eigenvalue weighted by Gasteiger charge is -2.11. The molecule has 4 heteroatoms. The number of benzene rings is 2. The van der Waals surface area contributed by atoms with Crippen LogP contribution in [0.3, 0.4) is 0 Å². The van der Waals surface area contributed by atoms with Gasteiger partial charge < -0.3 is 0 Å². The Bertz CT molecular complexity index is 1060. The quantitative estimate of drug-likeness (QED) is 0.577. The van der Waals surface area contributed by atoms with Crippen molar-refractivity contribution in [1.29, 1.82) is 0 Å². The molecule has 0 fully saturated rings. The maximum absolute atomic E-state index is 12.8. The van der Waals surface area contributed by atoms with Crippen LogP contribution in [0.4, 0.5) is 0 Å². The summed E-state index contributed by atoms with van der Waals surface area (Å²) in [6.45, 7) is 0.367. The van der Waals surface area contributed by atoms with Crippen molar-refractivity contribution in [2.75, 3.05) is 0 Å². The fourth-order valence-corrected chi connectivity index (χ4v) is 2.98. The number of fused-ring (bicyclic) bond motifs is 1. The molecule has 0 bridgehead atoms. The molecule has 0 amide bonds. The average Bonchev–Trinajstić information content (AvgIpc) is 2.67. The summed E-state index contributed by atoms with van der Waals surface area (Å²) in [5.74, 6) is 0. The monoisotopic (exact) mass is 327 g/mol. The van der Waals surface area contributed by atoms with Gasteiger partial charge in [-0.05, 0) is 23.8 Å². The molecule has 0 radical (unpaired) electrons. The fourth-order valence-electron chi connectivity index (χ4n) is 2.98. The van der Waals surface area contributed by atoms with Gasteiger partial charge in [0.15, 0.2) is 0 Å². The topological polar surface area (TPSA) is 47.8 Å². The molecule has 4 rings (SSSR count). The van der Waals surface area contributed by atoms with E-state index in [9.17, 15) is 4.79 Å². The van der Waals surface area contributed by atoms with Gasteiger partial charge in [0.2, 0.25) is 0 Å². The molecule has 0 saturated carbocycles. The molecule has 0 spiro atoms. The highest BCUT2D eigenvalue weighted by molar-refractivity contribution is 5.83. The second-order valence-corrected chi connectivity index (χ2v) is 5.94. The first-order chi connectivity index (χ1) is 12.3. The highest BCUT2D eigenvalue weighted by Crippen LogP contribution is 2.17. The highest BCUT2D eigenvalue weighted by Gasteiger charge is 2.11. The third-order valence-electron chi connectivity index (χ3n) is 4.20. The van der Waals surface area contributed by atoms with Crippen molar-refractivity contribution in [2.45, 2.75) is 13.0 Å². The van der Waals surface area contributed by atoms with Crippen molar-refractivity contribution in [3.63, 3.8) is 0 Å². The molecule has 0 atom stereocenters. The lowest BCUT2D eigenvalue weighted by molar-refractivity contribution is 0.622. The van der Waals surface area contributed by atoms with E-state index in [-0.39, 0.29) is 5.56 Å². The van der Waals surface area contributed by atoms with Crippen molar-refractivity contribution >= 4 is 10.8 Å². The van der Waals surface area contributed by atoms with Crippen molar-refractivity contribution in [1.82, 2.24) is 14.8 Å². The first-order valence-corrected chi connectivity index (χ1v) is 8.24. The van der Waals surface area contributed by atoms with Gasteiger partial charge in [0.05, 0.1) is 23.3 Å². The Labute approximate surface area is 145 Å². The molecule has 0 N–H and O–H groups in total. The second-order valence-electron chi connectivity index (χ2n) is 5.94. The second kappa shape index (κ2) is 6.69. The van der Waals surface area contributed by atoms with Gasteiger partial charge in [0.25, 0.3) is 5.56 Å². The fraction of sp³-hybridized carbons (Fsp3) is 0.0952. The van der Waals surface area contributed by atoms with E-state index in [1.165, 1.54) is 10.2 Å². The van der Waals surface area contributed by atoms with Gasteiger partial charge in [0, 0.05) is 18.0 Å². The van der Waals surface area contributed by atoms with E-state index in [1.54, 1.807) is 6.20 Å². The molecule has 2 aromatic carbocycles. The van der Waals surface area contributed by atoms with Crippen molar-refractivity contribution in [3.05, 3.63) is 106 Å². The molecule has 25 heavy (non-hydrogen) atoms. The van der Waals surface area contributed by atoms with Crippen LogP contribution in [-0.4, -0.2) is 14.8 Å². The standard InChI is InChI=1S/C21H17N3O/c25-21-19-12-5-4-11-18(19)20(14-16-8-2-1-3-9-16)23-24(21)15-17-10-6-7-13-22-17/h1-13H,14-15H2. The van der Waals surface area contributed by atoms with E-state index in [0.29, 0.717) is 18.4 Å². The number of pyridine rings is 1. The predicted octanol–water partition coefficient (Wildman–Crippen LogP) is 3.43. The van der Waals surface area contributed by atoms with Crippen LogP contribution in [0, 0.1) is 0 Å². The zero-order chi connectivity index (χ0) is 17.1. The van der Waals surface area contributed by atoms with Crippen LogP contribution >= 0.6 is 0 Å². The Kier molecular flexibility index (Phi) is 4.09. The van der Waals surface area contributed by atoms with Gasteiger partial charge in [-0.3, -0.25) is 9.78 Å². The smallest absolute Gasteiger partial charge is 0.267 e. The summed E-state index contributed by atoms with van der Waals surface area (Å²) >= 11 is 0.